The molecular formula is C16H14BrN3O4. The van der Waals surface area contributed by atoms with Gasteiger partial charge in [0.15, 0.2) is 6.61 Å². The molecule has 0 atom stereocenters. The van der Waals surface area contributed by atoms with Crippen molar-refractivity contribution in [1.29, 1.82) is 0 Å². The van der Waals surface area contributed by atoms with E-state index in [0.717, 1.165) is 4.47 Å². The first-order valence-corrected chi connectivity index (χ1v) is 7.71. The zero-order chi connectivity index (χ0) is 17.5. The summed E-state index contributed by atoms with van der Waals surface area (Å²) in [5.41, 5.74) is 3.33. The molecule has 24 heavy (non-hydrogen) atoms. The molecule has 0 radical (unpaired) electrons. The number of benzene rings is 2. The van der Waals surface area contributed by atoms with Crippen LogP contribution in [0.3, 0.4) is 0 Å². The van der Waals surface area contributed by atoms with Crippen LogP contribution in [-0.4, -0.2) is 23.1 Å². The monoisotopic (exact) mass is 391 g/mol. The molecule has 0 spiro atoms. The van der Waals surface area contributed by atoms with Gasteiger partial charge in [-0.1, -0.05) is 28.1 Å². The van der Waals surface area contributed by atoms with E-state index >= 15 is 0 Å². The van der Waals surface area contributed by atoms with Crippen molar-refractivity contribution < 1.29 is 14.5 Å². The highest BCUT2D eigenvalue weighted by molar-refractivity contribution is 9.10. The van der Waals surface area contributed by atoms with Gasteiger partial charge >= 0.3 is 0 Å². The molecule has 0 saturated carbocycles. The third kappa shape index (κ3) is 5.17. The number of non-ortho nitro benzene ring substituents is 1. The number of hydrazone groups is 1. The van der Waals surface area contributed by atoms with E-state index in [0.29, 0.717) is 17.0 Å². The molecule has 0 bridgehead atoms. The van der Waals surface area contributed by atoms with E-state index in [4.69, 9.17) is 4.74 Å². The molecule has 0 fully saturated rings. The third-order valence-electron chi connectivity index (χ3n) is 3.01. The Morgan fingerprint density at radius 3 is 2.67 bits per heavy atom. The normalized spacial score (nSPS) is 11.0. The molecule has 0 unspecified atom stereocenters. The molecule has 8 heteroatoms. The summed E-state index contributed by atoms with van der Waals surface area (Å²) in [6.45, 7) is 1.46. The van der Waals surface area contributed by atoms with Crippen molar-refractivity contribution in [2.75, 3.05) is 6.61 Å². The average Bonchev–Trinajstić information content (AvgIpc) is 2.59. The number of carbonyl (C=O) groups is 1. The molecular weight excluding hydrogens is 378 g/mol. The molecule has 0 aliphatic carbocycles. The molecule has 2 aromatic carbocycles. The van der Waals surface area contributed by atoms with Crippen LogP contribution in [0.25, 0.3) is 0 Å². The fraction of sp³-hybridized carbons (Fsp3) is 0.125. The Hall–Kier alpha value is -2.74. The number of hydrogen-bond acceptors (Lipinski definition) is 5. The number of nitrogens with zero attached hydrogens (tertiary/aromatic N) is 2. The van der Waals surface area contributed by atoms with Crippen LogP contribution in [0.5, 0.6) is 5.75 Å². The number of amides is 1. The topological polar surface area (TPSA) is 93.8 Å². The Morgan fingerprint density at radius 1 is 1.29 bits per heavy atom. The summed E-state index contributed by atoms with van der Waals surface area (Å²) in [6.07, 6.45) is 0. The second-order valence-electron chi connectivity index (χ2n) is 4.78. The number of ether oxygens (including phenoxy) is 1. The second kappa shape index (κ2) is 8.21. The highest BCUT2D eigenvalue weighted by atomic mass is 79.9. The molecule has 0 aliphatic heterocycles. The maximum absolute atomic E-state index is 11.7. The van der Waals surface area contributed by atoms with Crippen molar-refractivity contribution in [3.63, 3.8) is 0 Å². The summed E-state index contributed by atoms with van der Waals surface area (Å²) in [5, 5.41) is 14.7. The van der Waals surface area contributed by atoms with E-state index in [1.54, 1.807) is 43.3 Å². The van der Waals surface area contributed by atoms with Gasteiger partial charge in [0.25, 0.3) is 11.6 Å². The van der Waals surface area contributed by atoms with Gasteiger partial charge in [-0.25, -0.2) is 5.43 Å². The highest BCUT2D eigenvalue weighted by Gasteiger charge is 2.08. The van der Waals surface area contributed by atoms with Crippen LogP contribution >= 0.6 is 15.9 Å². The first-order valence-electron chi connectivity index (χ1n) is 6.92. The summed E-state index contributed by atoms with van der Waals surface area (Å²) >= 11 is 3.31. The van der Waals surface area contributed by atoms with E-state index in [2.05, 4.69) is 26.5 Å². The van der Waals surface area contributed by atoms with Crippen molar-refractivity contribution in [3.05, 3.63) is 68.7 Å². The third-order valence-corrected chi connectivity index (χ3v) is 3.54. The number of hydrogen-bond donors (Lipinski definition) is 1. The molecule has 2 aromatic rings. The molecule has 1 N–H and O–H groups in total. The Balaban J connectivity index is 1.91. The highest BCUT2D eigenvalue weighted by Crippen LogP contribution is 2.16. The summed E-state index contributed by atoms with van der Waals surface area (Å²) in [5.74, 6) is 0.135. The first kappa shape index (κ1) is 17.6. The molecule has 2 rings (SSSR count). The standard InChI is InChI=1S/C16H14BrN3O4/c1-11(12-3-2-4-14(9-12)20(22)23)18-19-16(21)10-24-15-7-5-13(17)6-8-15/h2-9H,10H2,1H3,(H,19,21). The lowest BCUT2D eigenvalue weighted by atomic mass is 10.1. The van der Waals surface area contributed by atoms with Crippen molar-refractivity contribution in [1.82, 2.24) is 5.43 Å². The number of nitrogens with one attached hydrogen (secondary N) is 1. The van der Waals surface area contributed by atoms with Crippen molar-refractivity contribution in [2.45, 2.75) is 6.92 Å². The smallest absolute Gasteiger partial charge is 0.277 e. The van der Waals surface area contributed by atoms with Crippen molar-refractivity contribution in [2.24, 2.45) is 5.10 Å². The zero-order valence-corrected chi connectivity index (χ0v) is 14.3. The van der Waals surface area contributed by atoms with Crippen molar-refractivity contribution in [3.8, 4) is 5.75 Å². The fourth-order valence-corrected chi connectivity index (χ4v) is 2.03. The predicted molar refractivity (Wildman–Crippen MR) is 93.1 cm³/mol. The SMILES string of the molecule is CC(=NNC(=O)COc1ccc(Br)cc1)c1cccc([N+](=O)[O-])c1. The number of rotatable bonds is 6. The van der Waals surface area contributed by atoms with Crippen LogP contribution in [0.15, 0.2) is 58.1 Å². The molecule has 0 heterocycles. The van der Waals surface area contributed by atoms with E-state index in [1.807, 2.05) is 0 Å². The van der Waals surface area contributed by atoms with E-state index < -0.39 is 10.8 Å². The molecule has 0 aromatic heterocycles. The van der Waals surface area contributed by atoms with Crippen LogP contribution in [0.2, 0.25) is 0 Å². The Labute approximate surface area is 146 Å². The quantitative estimate of drug-likeness (QED) is 0.464. The van der Waals surface area contributed by atoms with E-state index in [9.17, 15) is 14.9 Å². The summed E-state index contributed by atoms with van der Waals surface area (Å²) in [7, 11) is 0. The van der Waals surface area contributed by atoms with E-state index in [1.165, 1.54) is 12.1 Å². The lowest BCUT2D eigenvalue weighted by Gasteiger charge is -2.06. The van der Waals surface area contributed by atoms with Crippen LogP contribution in [0.4, 0.5) is 5.69 Å². The van der Waals surface area contributed by atoms with E-state index in [-0.39, 0.29) is 12.3 Å². The largest absolute Gasteiger partial charge is 0.484 e. The van der Waals surface area contributed by atoms with Crippen molar-refractivity contribution >= 4 is 33.2 Å². The van der Waals surface area contributed by atoms with Crippen LogP contribution in [-0.2, 0) is 4.79 Å². The molecule has 1 amide bonds. The minimum absolute atomic E-state index is 0.0352. The van der Waals surface area contributed by atoms with Crippen LogP contribution in [0, 0.1) is 10.1 Å². The lowest BCUT2D eigenvalue weighted by molar-refractivity contribution is -0.384. The lowest BCUT2D eigenvalue weighted by Crippen LogP contribution is -2.25. The van der Waals surface area contributed by atoms with Gasteiger partial charge in [0.05, 0.1) is 10.6 Å². The van der Waals surface area contributed by atoms with Gasteiger partial charge < -0.3 is 4.74 Å². The Bertz CT molecular complexity index is 775. The maximum atomic E-state index is 11.7. The number of halogens is 1. The molecule has 124 valence electrons. The molecule has 0 saturated heterocycles. The van der Waals surface area contributed by atoms with Gasteiger partial charge in [0, 0.05) is 22.2 Å². The van der Waals surface area contributed by atoms with Gasteiger partial charge in [0.1, 0.15) is 5.75 Å². The summed E-state index contributed by atoms with van der Waals surface area (Å²) in [6, 6.07) is 13.1. The maximum Gasteiger partial charge on any atom is 0.277 e. The first-order chi connectivity index (χ1) is 11.5. The second-order valence-corrected chi connectivity index (χ2v) is 5.70. The van der Waals surface area contributed by atoms with Gasteiger partial charge in [-0.15, -0.1) is 0 Å². The van der Waals surface area contributed by atoms with Gasteiger partial charge in [-0.2, -0.15) is 5.10 Å². The Morgan fingerprint density at radius 2 is 2.00 bits per heavy atom. The van der Waals surface area contributed by atoms with Gasteiger partial charge in [-0.05, 0) is 31.2 Å². The zero-order valence-electron chi connectivity index (χ0n) is 12.7. The predicted octanol–water partition coefficient (Wildman–Crippen LogP) is 3.28. The van der Waals surface area contributed by atoms with Gasteiger partial charge in [0.2, 0.25) is 0 Å². The number of nitro groups is 1. The number of nitro benzene ring substituents is 1. The fourth-order valence-electron chi connectivity index (χ4n) is 1.77. The molecule has 7 nitrogen and oxygen atoms in total. The number of carbonyl (C=O) groups excluding carboxylic acids is 1. The van der Waals surface area contributed by atoms with Gasteiger partial charge in [-0.3, -0.25) is 14.9 Å². The average molecular weight is 392 g/mol. The minimum atomic E-state index is -0.485. The Kier molecular flexibility index (Phi) is 6.02. The minimum Gasteiger partial charge on any atom is -0.484 e. The van der Waals surface area contributed by atoms with Crippen LogP contribution in [0.1, 0.15) is 12.5 Å². The molecule has 0 aliphatic rings. The summed E-state index contributed by atoms with van der Waals surface area (Å²) < 4.78 is 6.23. The summed E-state index contributed by atoms with van der Waals surface area (Å²) in [4.78, 5) is 22.0. The van der Waals surface area contributed by atoms with Crippen LogP contribution < -0.4 is 10.2 Å².